The largest absolute Gasteiger partial charge is 0.245 e. The van der Waals surface area contributed by atoms with Gasteiger partial charge in [0.25, 0.3) is 0 Å². The van der Waals surface area contributed by atoms with Crippen LogP contribution in [-0.2, 0) is 0 Å². The van der Waals surface area contributed by atoms with Gasteiger partial charge in [-0.15, -0.1) is 0 Å². The lowest BCUT2D eigenvalue weighted by molar-refractivity contribution is 1.05. The first-order valence-electron chi connectivity index (χ1n) is 4.47. The second-order valence-corrected chi connectivity index (χ2v) is 4.41. The van der Waals surface area contributed by atoms with Crippen LogP contribution in [0.15, 0.2) is 46.6 Å². The SMILES string of the molecule is Cc1ccccc1Sc1nccnc1Cl. The topological polar surface area (TPSA) is 25.8 Å². The maximum Gasteiger partial charge on any atom is 0.161 e. The van der Waals surface area contributed by atoms with E-state index in [0.29, 0.717) is 5.15 Å². The molecular formula is C11H9ClN2S. The molecule has 4 heteroatoms. The van der Waals surface area contributed by atoms with Gasteiger partial charge in [-0.25, -0.2) is 9.97 Å². The van der Waals surface area contributed by atoms with Crippen molar-refractivity contribution >= 4 is 23.4 Å². The van der Waals surface area contributed by atoms with E-state index in [2.05, 4.69) is 23.0 Å². The first kappa shape index (κ1) is 10.5. The molecule has 0 fully saturated rings. The van der Waals surface area contributed by atoms with E-state index in [1.807, 2.05) is 18.2 Å². The number of halogens is 1. The Kier molecular flexibility index (Phi) is 3.23. The molecule has 2 rings (SSSR count). The summed E-state index contributed by atoms with van der Waals surface area (Å²) in [4.78, 5) is 9.32. The predicted molar refractivity (Wildman–Crippen MR) is 62.3 cm³/mol. The number of aromatic nitrogens is 2. The Hall–Kier alpha value is -1.06. The molecule has 2 aromatic rings. The highest BCUT2D eigenvalue weighted by molar-refractivity contribution is 7.99. The number of benzene rings is 1. The molecule has 1 aromatic carbocycles. The van der Waals surface area contributed by atoms with E-state index in [1.54, 1.807) is 12.4 Å². The fraction of sp³-hybridized carbons (Fsp3) is 0.0909. The molecule has 0 spiro atoms. The van der Waals surface area contributed by atoms with Crippen LogP contribution in [0.25, 0.3) is 0 Å². The van der Waals surface area contributed by atoms with Crippen LogP contribution in [0.5, 0.6) is 0 Å². The average Bonchev–Trinajstić information content (AvgIpc) is 2.24. The lowest BCUT2D eigenvalue weighted by atomic mass is 10.2. The molecule has 15 heavy (non-hydrogen) atoms. The zero-order valence-electron chi connectivity index (χ0n) is 8.14. The van der Waals surface area contributed by atoms with Crippen molar-refractivity contribution < 1.29 is 0 Å². The zero-order valence-corrected chi connectivity index (χ0v) is 9.72. The Morgan fingerprint density at radius 2 is 1.87 bits per heavy atom. The van der Waals surface area contributed by atoms with Gasteiger partial charge in [-0.05, 0) is 18.6 Å². The second-order valence-electron chi connectivity index (χ2n) is 3.02. The Balaban J connectivity index is 2.30. The van der Waals surface area contributed by atoms with Crippen LogP contribution >= 0.6 is 23.4 Å². The fourth-order valence-corrected chi connectivity index (χ4v) is 2.21. The zero-order chi connectivity index (χ0) is 10.7. The van der Waals surface area contributed by atoms with Crippen molar-refractivity contribution in [1.29, 1.82) is 0 Å². The summed E-state index contributed by atoms with van der Waals surface area (Å²) in [6.45, 7) is 2.06. The molecule has 0 unspecified atom stereocenters. The van der Waals surface area contributed by atoms with Gasteiger partial charge < -0.3 is 0 Å². The summed E-state index contributed by atoms with van der Waals surface area (Å²) in [7, 11) is 0. The first-order chi connectivity index (χ1) is 7.27. The van der Waals surface area contributed by atoms with E-state index in [-0.39, 0.29) is 0 Å². The highest BCUT2D eigenvalue weighted by atomic mass is 35.5. The minimum Gasteiger partial charge on any atom is -0.245 e. The molecule has 0 aliphatic rings. The molecular weight excluding hydrogens is 228 g/mol. The first-order valence-corrected chi connectivity index (χ1v) is 5.67. The minimum absolute atomic E-state index is 0.450. The molecule has 0 aliphatic carbocycles. The maximum atomic E-state index is 5.93. The number of nitrogens with zero attached hydrogens (tertiary/aromatic N) is 2. The molecule has 0 atom stereocenters. The van der Waals surface area contributed by atoms with E-state index in [1.165, 1.54) is 17.3 Å². The summed E-state index contributed by atoms with van der Waals surface area (Å²) in [5.74, 6) is 0. The fourth-order valence-electron chi connectivity index (χ4n) is 1.15. The number of hydrogen-bond donors (Lipinski definition) is 0. The van der Waals surface area contributed by atoms with Crippen LogP contribution in [-0.4, -0.2) is 9.97 Å². The van der Waals surface area contributed by atoms with Gasteiger partial charge >= 0.3 is 0 Å². The van der Waals surface area contributed by atoms with Crippen molar-refractivity contribution in [2.24, 2.45) is 0 Å². The number of aryl methyl sites for hydroxylation is 1. The summed E-state index contributed by atoms with van der Waals surface area (Å²) in [6, 6.07) is 8.12. The molecule has 0 saturated heterocycles. The molecule has 1 aromatic heterocycles. The summed E-state index contributed by atoms with van der Waals surface area (Å²) in [6.07, 6.45) is 3.23. The average molecular weight is 237 g/mol. The summed E-state index contributed by atoms with van der Waals surface area (Å²) in [5, 5.41) is 1.19. The Bertz CT molecular complexity index is 430. The van der Waals surface area contributed by atoms with Gasteiger partial charge in [-0.2, -0.15) is 0 Å². The molecule has 1 heterocycles. The predicted octanol–water partition coefficient (Wildman–Crippen LogP) is 3.59. The summed E-state index contributed by atoms with van der Waals surface area (Å²) >= 11 is 7.47. The van der Waals surface area contributed by atoms with E-state index < -0.39 is 0 Å². The molecule has 0 N–H and O–H groups in total. The number of rotatable bonds is 2. The van der Waals surface area contributed by atoms with E-state index in [4.69, 9.17) is 11.6 Å². The van der Waals surface area contributed by atoms with Crippen molar-refractivity contribution in [3.8, 4) is 0 Å². The van der Waals surface area contributed by atoms with Crippen LogP contribution in [0.2, 0.25) is 5.15 Å². The second kappa shape index (κ2) is 4.64. The lowest BCUT2D eigenvalue weighted by Gasteiger charge is -2.04. The van der Waals surface area contributed by atoms with Crippen LogP contribution in [0.1, 0.15) is 5.56 Å². The third-order valence-corrected chi connectivity index (χ3v) is 3.48. The van der Waals surface area contributed by atoms with Crippen molar-refractivity contribution in [2.45, 2.75) is 16.8 Å². The molecule has 2 nitrogen and oxygen atoms in total. The molecule has 0 amide bonds. The highest BCUT2D eigenvalue weighted by Gasteiger charge is 2.05. The smallest absolute Gasteiger partial charge is 0.161 e. The minimum atomic E-state index is 0.450. The van der Waals surface area contributed by atoms with Crippen LogP contribution in [0, 0.1) is 6.92 Å². The third kappa shape index (κ3) is 2.49. The summed E-state index contributed by atoms with van der Waals surface area (Å²) in [5.41, 5.74) is 1.21. The quantitative estimate of drug-likeness (QED) is 0.797. The Labute approximate surface area is 97.7 Å². The Morgan fingerprint density at radius 3 is 2.60 bits per heavy atom. The normalized spacial score (nSPS) is 10.3. The van der Waals surface area contributed by atoms with Crippen molar-refractivity contribution in [1.82, 2.24) is 9.97 Å². The van der Waals surface area contributed by atoms with Crippen molar-refractivity contribution in [3.05, 3.63) is 47.4 Å². The van der Waals surface area contributed by atoms with Gasteiger partial charge in [0, 0.05) is 17.3 Å². The van der Waals surface area contributed by atoms with Gasteiger partial charge in [0.1, 0.15) is 5.03 Å². The lowest BCUT2D eigenvalue weighted by Crippen LogP contribution is -1.85. The van der Waals surface area contributed by atoms with E-state index in [9.17, 15) is 0 Å². The number of hydrogen-bond acceptors (Lipinski definition) is 3. The van der Waals surface area contributed by atoms with Crippen molar-refractivity contribution in [2.75, 3.05) is 0 Å². The maximum absolute atomic E-state index is 5.93. The third-order valence-electron chi connectivity index (χ3n) is 1.92. The molecule has 0 saturated carbocycles. The van der Waals surface area contributed by atoms with Gasteiger partial charge in [0.05, 0.1) is 0 Å². The van der Waals surface area contributed by atoms with Gasteiger partial charge in [0.15, 0.2) is 5.15 Å². The Morgan fingerprint density at radius 1 is 1.13 bits per heavy atom. The molecule has 0 radical (unpaired) electrons. The van der Waals surface area contributed by atoms with Gasteiger partial charge in [-0.3, -0.25) is 0 Å². The highest BCUT2D eigenvalue weighted by Crippen LogP contribution is 2.31. The van der Waals surface area contributed by atoms with Gasteiger partial charge in [-0.1, -0.05) is 41.6 Å². The van der Waals surface area contributed by atoms with Gasteiger partial charge in [0.2, 0.25) is 0 Å². The van der Waals surface area contributed by atoms with Crippen LogP contribution < -0.4 is 0 Å². The van der Waals surface area contributed by atoms with E-state index in [0.717, 1.165) is 9.92 Å². The molecule has 76 valence electrons. The summed E-state index contributed by atoms with van der Waals surface area (Å²) < 4.78 is 0. The molecule has 0 bridgehead atoms. The van der Waals surface area contributed by atoms with Crippen LogP contribution in [0.4, 0.5) is 0 Å². The van der Waals surface area contributed by atoms with E-state index >= 15 is 0 Å². The standard InChI is InChI=1S/C11H9ClN2S/c1-8-4-2-3-5-9(8)15-11-10(12)13-6-7-14-11/h2-7H,1H3. The van der Waals surface area contributed by atoms with Crippen molar-refractivity contribution in [3.63, 3.8) is 0 Å². The monoisotopic (exact) mass is 236 g/mol. The molecule has 0 aliphatic heterocycles. The van der Waals surface area contributed by atoms with Crippen LogP contribution in [0.3, 0.4) is 0 Å².